The molecule has 0 bridgehead atoms. The molecule has 0 unspecified atom stereocenters. The third-order valence-electron chi connectivity index (χ3n) is 4.88. The molecule has 2 aromatic rings. The average Bonchev–Trinajstić information content (AvgIpc) is 2.88. The van der Waals surface area contributed by atoms with Crippen LogP contribution in [0.1, 0.15) is 45.6 Å². The minimum atomic E-state index is -3.70. The Hall–Kier alpha value is -2.72. The Balaban J connectivity index is 1.80. The first kappa shape index (κ1) is 23.0. The first-order valence-corrected chi connectivity index (χ1v) is 12.5. The third-order valence-corrected chi connectivity index (χ3v) is 7.57. The summed E-state index contributed by atoms with van der Waals surface area (Å²) < 4.78 is 29.4. The van der Waals surface area contributed by atoms with Gasteiger partial charge in [-0.25, -0.2) is 13.2 Å². The quantitative estimate of drug-likeness (QED) is 0.634. The third kappa shape index (κ3) is 6.14. The van der Waals surface area contributed by atoms with Crippen molar-refractivity contribution in [3.8, 4) is 0 Å². The Morgan fingerprint density at radius 1 is 1.06 bits per heavy atom. The molecule has 10 heteroatoms. The van der Waals surface area contributed by atoms with Gasteiger partial charge in [0.2, 0.25) is 5.91 Å². The van der Waals surface area contributed by atoms with E-state index in [1.54, 1.807) is 30.3 Å². The molecule has 0 atom stereocenters. The van der Waals surface area contributed by atoms with E-state index in [2.05, 4.69) is 15.4 Å². The normalized spacial score (nSPS) is 13.6. The van der Waals surface area contributed by atoms with Gasteiger partial charge in [0.1, 0.15) is 10.8 Å². The number of fused-ring (bicyclic) bond motifs is 1. The summed E-state index contributed by atoms with van der Waals surface area (Å²) in [6.07, 6.45) is 3.39. The second-order valence-electron chi connectivity index (χ2n) is 7.28. The maximum Gasteiger partial charge on any atom is 0.413 e. The summed E-state index contributed by atoms with van der Waals surface area (Å²) in [6, 6.07) is 8.61. The van der Waals surface area contributed by atoms with Crippen LogP contribution in [0, 0.1) is 0 Å². The Bertz CT molecular complexity index is 1080. The molecule has 0 saturated heterocycles. The topological polar surface area (TPSA) is 119 Å². The van der Waals surface area contributed by atoms with Gasteiger partial charge in [0.05, 0.1) is 18.4 Å². The van der Waals surface area contributed by atoms with Gasteiger partial charge in [-0.15, -0.1) is 11.3 Å². The number of carbonyl (C=O) groups excluding carboxylic acids is 3. The molecule has 0 radical (unpaired) electrons. The highest BCUT2D eigenvalue weighted by Gasteiger charge is 2.28. The maximum absolute atomic E-state index is 12.7. The van der Waals surface area contributed by atoms with Crippen molar-refractivity contribution in [2.24, 2.45) is 0 Å². The van der Waals surface area contributed by atoms with Crippen LogP contribution >= 0.6 is 11.3 Å². The number of aryl methyl sites for hydroxylation is 1. The molecule has 3 amide bonds. The summed E-state index contributed by atoms with van der Waals surface area (Å²) >= 11 is 1.26. The number of alkyl carbamates (subject to hydrolysis) is 1. The van der Waals surface area contributed by atoms with Gasteiger partial charge in [-0.1, -0.05) is 36.8 Å². The number of anilines is 1. The number of sulfone groups is 1. The molecule has 3 rings (SSSR count). The van der Waals surface area contributed by atoms with Crippen molar-refractivity contribution in [1.82, 2.24) is 5.32 Å². The van der Waals surface area contributed by atoms with E-state index in [1.165, 1.54) is 11.3 Å². The van der Waals surface area contributed by atoms with Crippen LogP contribution in [0.5, 0.6) is 0 Å². The van der Waals surface area contributed by atoms with Crippen LogP contribution in [0.4, 0.5) is 9.80 Å². The minimum Gasteiger partial charge on any atom is -0.453 e. The number of carbonyl (C=O) groups is 3. The number of thiophene rings is 1. The largest absolute Gasteiger partial charge is 0.453 e. The van der Waals surface area contributed by atoms with Crippen LogP contribution in [-0.2, 0) is 38.0 Å². The van der Waals surface area contributed by atoms with Crippen molar-refractivity contribution in [3.63, 3.8) is 0 Å². The molecule has 2 N–H and O–H groups in total. The predicted octanol–water partition coefficient (Wildman–Crippen LogP) is 3.07. The molecule has 0 spiro atoms. The number of benzene rings is 1. The molecule has 1 aliphatic rings. The highest BCUT2D eigenvalue weighted by Crippen LogP contribution is 2.37. The van der Waals surface area contributed by atoms with E-state index in [0.717, 1.165) is 43.2 Å². The van der Waals surface area contributed by atoms with Crippen LogP contribution in [-0.4, -0.2) is 39.2 Å². The summed E-state index contributed by atoms with van der Waals surface area (Å²) in [7, 11) is -2.55. The molecule has 1 heterocycles. The molecule has 166 valence electrons. The lowest BCUT2D eigenvalue weighted by atomic mass is 10.0. The van der Waals surface area contributed by atoms with E-state index in [-0.39, 0.29) is 16.3 Å². The van der Waals surface area contributed by atoms with Crippen molar-refractivity contribution >= 4 is 44.1 Å². The van der Waals surface area contributed by atoms with Crippen LogP contribution < -0.4 is 10.6 Å². The van der Waals surface area contributed by atoms with E-state index in [1.807, 2.05) is 0 Å². The van der Waals surface area contributed by atoms with Crippen LogP contribution in [0.25, 0.3) is 0 Å². The summed E-state index contributed by atoms with van der Waals surface area (Å²) in [5, 5.41) is 4.98. The lowest BCUT2D eigenvalue weighted by Gasteiger charge is -2.09. The Morgan fingerprint density at radius 3 is 2.48 bits per heavy atom. The van der Waals surface area contributed by atoms with E-state index in [4.69, 9.17) is 0 Å². The maximum atomic E-state index is 12.7. The van der Waals surface area contributed by atoms with Gasteiger partial charge in [0.15, 0.2) is 9.84 Å². The van der Waals surface area contributed by atoms with Crippen LogP contribution in [0.3, 0.4) is 0 Å². The van der Waals surface area contributed by atoms with Gasteiger partial charge in [0, 0.05) is 4.88 Å². The molecule has 1 aromatic heterocycles. The van der Waals surface area contributed by atoms with Crippen molar-refractivity contribution in [3.05, 3.63) is 51.9 Å². The van der Waals surface area contributed by atoms with Crippen LogP contribution in [0.2, 0.25) is 0 Å². The zero-order chi connectivity index (χ0) is 22.4. The zero-order valence-corrected chi connectivity index (χ0v) is 18.7. The standard InChI is InChI=1S/C21H24N2O6S2/c1-29-21(26)23-19(25)18-15-10-6-3-7-11-16(15)30-20(18)22-17(24)13-31(27,28)12-14-8-4-2-5-9-14/h2,4-5,8-9H,3,6-7,10-13H2,1H3,(H,22,24)(H,23,25,26). The van der Waals surface area contributed by atoms with E-state index >= 15 is 0 Å². The second kappa shape index (κ2) is 10.1. The molecule has 0 saturated carbocycles. The van der Waals surface area contributed by atoms with E-state index in [9.17, 15) is 22.8 Å². The van der Waals surface area contributed by atoms with Crippen molar-refractivity contribution in [2.75, 3.05) is 18.2 Å². The second-order valence-corrected chi connectivity index (χ2v) is 10.4. The zero-order valence-electron chi connectivity index (χ0n) is 17.1. The lowest BCUT2D eigenvalue weighted by Crippen LogP contribution is -2.32. The van der Waals surface area contributed by atoms with Crippen molar-refractivity contribution < 1.29 is 27.5 Å². The van der Waals surface area contributed by atoms with Crippen molar-refractivity contribution in [2.45, 2.75) is 37.9 Å². The number of imide groups is 1. The van der Waals surface area contributed by atoms with Gasteiger partial charge in [-0.2, -0.15) is 0 Å². The first-order chi connectivity index (χ1) is 14.8. The fraction of sp³-hybridized carbons (Fsp3) is 0.381. The van der Waals surface area contributed by atoms with Gasteiger partial charge < -0.3 is 10.1 Å². The average molecular weight is 465 g/mol. The summed E-state index contributed by atoms with van der Waals surface area (Å²) in [4.78, 5) is 37.8. The summed E-state index contributed by atoms with van der Waals surface area (Å²) in [5.74, 6) is -2.35. The molecule has 1 aromatic carbocycles. The van der Waals surface area contributed by atoms with E-state index < -0.39 is 33.5 Å². The predicted molar refractivity (Wildman–Crippen MR) is 118 cm³/mol. The number of rotatable bonds is 6. The minimum absolute atomic E-state index is 0.209. The number of methoxy groups -OCH3 is 1. The number of hydrogen-bond acceptors (Lipinski definition) is 7. The van der Waals surface area contributed by atoms with Gasteiger partial charge in [0.25, 0.3) is 5.91 Å². The molecule has 31 heavy (non-hydrogen) atoms. The fourth-order valence-electron chi connectivity index (χ4n) is 3.52. The summed E-state index contributed by atoms with van der Waals surface area (Å²) in [6.45, 7) is 0. The highest BCUT2D eigenvalue weighted by atomic mass is 32.2. The Labute approximate surface area is 184 Å². The Morgan fingerprint density at radius 2 is 1.77 bits per heavy atom. The highest BCUT2D eigenvalue weighted by molar-refractivity contribution is 7.91. The van der Waals surface area contributed by atoms with Gasteiger partial charge in [-0.3, -0.25) is 14.9 Å². The number of ether oxygens (including phenoxy) is 1. The van der Waals surface area contributed by atoms with Crippen LogP contribution in [0.15, 0.2) is 30.3 Å². The molecule has 0 aliphatic heterocycles. The number of nitrogens with one attached hydrogen (secondary N) is 2. The smallest absolute Gasteiger partial charge is 0.413 e. The van der Waals surface area contributed by atoms with Gasteiger partial charge in [-0.05, 0) is 36.8 Å². The Kier molecular flexibility index (Phi) is 7.45. The first-order valence-electron chi connectivity index (χ1n) is 9.87. The molecular formula is C21H24N2O6S2. The van der Waals surface area contributed by atoms with E-state index in [0.29, 0.717) is 12.0 Å². The SMILES string of the molecule is COC(=O)NC(=O)c1c(NC(=O)CS(=O)(=O)Cc2ccccc2)sc2c1CCCCC2. The lowest BCUT2D eigenvalue weighted by molar-refractivity contribution is -0.113. The fourth-order valence-corrected chi connectivity index (χ4v) is 6.10. The molecule has 1 aliphatic carbocycles. The number of hydrogen-bond donors (Lipinski definition) is 2. The molecular weight excluding hydrogens is 440 g/mol. The van der Waals surface area contributed by atoms with Gasteiger partial charge >= 0.3 is 6.09 Å². The molecule has 8 nitrogen and oxygen atoms in total. The summed E-state index contributed by atoms with van der Waals surface area (Å²) in [5.41, 5.74) is 1.60. The van der Waals surface area contributed by atoms with Crippen molar-refractivity contribution in [1.29, 1.82) is 0 Å². The molecule has 0 fully saturated rings. The number of amides is 3. The monoisotopic (exact) mass is 464 g/mol.